The van der Waals surface area contributed by atoms with Crippen molar-refractivity contribution in [1.82, 2.24) is 0 Å². The Bertz CT molecular complexity index is 601. The minimum atomic E-state index is -1.23. The summed E-state index contributed by atoms with van der Waals surface area (Å²) < 4.78 is 0. The fraction of sp³-hybridized carbons (Fsp3) is 0.429. The fourth-order valence-electron chi connectivity index (χ4n) is 3.18. The third-order valence-corrected chi connectivity index (χ3v) is 7.38. The predicted molar refractivity (Wildman–Crippen MR) is 116 cm³/mol. The van der Waals surface area contributed by atoms with Crippen molar-refractivity contribution < 1.29 is 0 Å². The summed E-state index contributed by atoms with van der Waals surface area (Å²) in [7, 11) is -1.23. The quantitative estimate of drug-likeness (QED) is 0.420. The van der Waals surface area contributed by atoms with Gasteiger partial charge in [-0.15, -0.1) is 0 Å². The van der Waals surface area contributed by atoms with Gasteiger partial charge in [0.05, 0.1) is 0 Å². The number of benzene rings is 2. The van der Waals surface area contributed by atoms with Crippen LogP contribution in [-0.4, -0.2) is 27.9 Å². The van der Waals surface area contributed by atoms with E-state index in [-0.39, 0.29) is 0 Å². The second-order valence-corrected chi connectivity index (χ2v) is 18.7. The van der Waals surface area contributed by atoms with Crippen LogP contribution in [0.15, 0.2) is 24.3 Å². The molecule has 0 saturated carbocycles. The molecule has 0 aromatic heterocycles. The summed E-state index contributed by atoms with van der Waals surface area (Å²) >= 11 is 6.42. The van der Waals surface area contributed by atoms with Gasteiger partial charge in [0, 0.05) is 0 Å². The molecule has 24 heavy (non-hydrogen) atoms. The maximum atomic E-state index is 6.96. The minimum absolute atomic E-state index is 0.543. The molecule has 2 aromatic rings. The van der Waals surface area contributed by atoms with Crippen molar-refractivity contribution in [2.24, 2.45) is 0 Å². The van der Waals surface area contributed by atoms with Crippen LogP contribution < -0.4 is 10.4 Å². The van der Waals surface area contributed by atoms with Gasteiger partial charge < -0.3 is 0 Å². The molecule has 0 N–H and O–H groups in total. The van der Waals surface area contributed by atoms with E-state index >= 15 is 0 Å². The van der Waals surface area contributed by atoms with Gasteiger partial charge in [-0.25, -0.2) is 0 Å². The number of rotatable bonds is 2. The molecule has 130 valence electrons. The average Bonchev–Trinajstić information content (AvgIpc) is 2.34. The molecule has 0 unspecified atom stereocenters. The van der Waals surface area contributed by atoms with Crippen LogP contribution in [0.5, 0.6) is 0 Å². The first kappa shape index (κ1) is 21.8. The summed E-state index contributed by atoms with van der Waals surface area (Å²) in [5.41, 5.74) is 7.92. The number of hydrogen-bond donors (Lipinski definition) is 0. The van der Waals surface area contributed by atoms with Gasteiger partial charge >= 0.3 is 34.6 Å². The number of halogens is 1. The van der Waals surface area contributed by atoms with E-state index in [0.29, 0.717) is 0 Å². The van der Waals surface area contributed by atoms with Crippen LogP contribution in [0.25, 0.3) is 0 Å². The van der Waals surface area contributed by atoms with Crippen LogP contribution in [0.2, 0.25) is 14.8 Å². The molecule has 0 saturated heterocycles. The van der Waals surface area contributed by atoms with E-state index in [0.717, 1.165) is 0 Å². The van der Waals surface area contributed by atoms with Crippen molar-refractivity contribution in [1.29, 1.82) is 0 Å². The molecule has 0 heterocycles. The number of aryl methyl sites for hydroxylation is 6. The van der Waals surface area contributed by atoms with Crippen LogP contribution in [0.4, 0.5) is 0 Å². The Kier molecular flexibility index (Phi) is 8.57. The topological polar surface area (TPSA) is 0 Å². The molecule has 0 fully saturated rings. The van der Waals surface area contributed by atoms with Crippen LogP contribution in [-0.2, 0) is 0 Å². The zero-order valence-corrected chi connectivity index (χ0v) is 21.3. The van der Waals surface area contributed by atoms with Gasteiger partial charge in [-0.05, 0) is 74.2 Å². The van der Waals surface area contributed by atoms with Gasteiger partial charge in [0.1, 0.15) is 0 Å². The molecule has 0 aliphatic heterocycles. The van der Waals surface area contributed by atoms with Crippen molar-refractivity contribution in [2.75, 3.05) is 0 Å². The van der Waals surface area contributed by atoms with E-state index in [2.05, 4.69) is 80.6 Å². The molecular formula is C21H31ClSiSn. The molecule has 2 radical (unpaired) electrons. The summed E-state index contributed by atoms with van der Waals surface area (Å²) in [5.74, 6) is 0. The molecule has 0 nitrogen and oxygen atoms in total. The van der Waals surface area contributed by atoms with Gasteiger partial charge in [0.15, 0.2) is 0 Å². The Hall–Kier alpha value is -0.254. The third-order valence-electron chi connectivity index (χ3n) is 3.79. The summed E-state index contributed by atoms with van der Waals surface area (Å²) in [6.45, 7) is 13.0. The third kappa shape index (κ3) is 5.92. The monoisotopic (exact) mass is 466 g/mol. The Labute approximate surface area is 162 Å². The summed E-state index contributed by atoms with van der Waals surface area (Å²) in [6, 6.07) is 8.98. The normalized spacial score (nSPS) is 10.8. The van der Waals surface area contributed by atoms with Crippen LogP contribution in [0.3, 0.4) is 0 Å². The zero-order chi connectivity index (χ0) is 18.6. The van der Waals surface area contributed by atoms with E-state index < -0.39 is 27.9 Å². The van der Waals surface area contributed by atoms with Crippen molar-refractivity contribution in [3.63, 3.8) is 0 Å². The molecule has 0 amide bonds. The molecule has 3 heteroatoms. The summed E-state index contributed by atoms with van der Waals surface area (Å²) in [6.07, 6.45) is 0. The first-order valence-electron chi connectivity index (χ1n) is 8.50. The fourth-order valence-corrected chi connectivity index (χ4v) is 6.89. The summed E-state index contributed by atoms with van der Waals surface area (Å²) in [5, 5.41) is 2.72. The van der Waals surface area contributed by atoms with E-state index in [9.17, 15) is 0 Å². The second kappa shape index (κ2) is 9.45. The van der Waals surface area contributed by atoms with Crippen LogP contribution in [0, 0.1) is 41.5 Å². The van der Waals surface area contributed by atoms with Crippen molar-refractivity contribution in [2.45, 2.75) is 56.4 Å². The molecule has 0 spiro atoms. The molecule has 0 aliphatic rings. The molecule has 0 bridgehead atoms. The maximum absolute atomic E-state index is 6.96. The first-order valence-corrected chi connectivity index (χ1v) is 19.6. The van der Waals surface area contributed by atoms with E-state index in [1.54, 1.807) is 0 Å². The Morgan fingerprint density at radius 3 is 1.04 bits per heavy atom. The second-order valence-electron chi connectivity index (χ2n) is 7.36. The van der Waals surface area contributed by atoms with Gasteiger partial charge in [-0.2, -0.15) is 11.1 Å². The summed E-state index contributed by atoms with van der Waals surface area (Å²) in [4.78, 5) is 7.09. The Morgan fingerprint density at radius 2 is 0.833 bits per heavy atom. The predicted octanol–water partition coefficient (Wildman–Crippen LogP) is 5.25. The van der Waals surface area contributed by atoms with Gasteiger partial charge in [0.2, 0.25) is 8.11 Å². The van der Waals surface area contributed by atoms with Crippen LogP contribution >= 0.6 is 11.1 Å². The van der Waals surface area contributed by atoms with E-state index in [1.807, 2.05) is 0 Å². The number of hydrogen-bond acceptors (Lipinski definition) is 0. The van der Waals surface area contributed by atoms with Gasteiger partial charge in [-0.3, -0.25) is 0 Å². The molecule has 2 aromatic carbocycles. The van der Waals surface area contributed by atoms with Crippen LogP contribution in [0.1, 0.15) is 33.4 Å². The Morgan fingerprint density at radius 1 is 0.625 bits per heavy atom. The standard InChI is InChI=1S/C18H22ClSi.3CH3.Sn/c1-11-7-13(3)17(14(4)8-11)20(19)18-15(5)9-12(2)10-16(18)6;;;;/h7-10H,1-6H3;3*1H3;. The molecule has 0 aliphatic carbocycles. The van der Waals surface area contributed by atoms with E-state index in [4.69, 9.17) is 11.1 Å². The molecular weight excluding hydrogens is 434 g/mol. The van der Waals surface area contributed by atoms with Gasteiger partial charge in [0.25, 0.3) is 0 Å². The SMILES string of the molecule is Cc1cc(C)c([Si](Cl)c2c(C)cc(C)cc2C)c(C)c1.[CH3][Sn]([CH3])[CH3]. The first-order chi connectivity index (χ1) is 11.0. The van der Waals surface area contributed by atoms with E-state index in [1.165, 1.54) is 43.8 Å². The Balaban J connectivity index is 0.000000648. The van der Waals surface area contributed by atoms with Gasteiger partial charge in [-0.1, -0.05) is 35.4 Å². The molecule has 2 rings (SSSR count). The van der Waals surface area contributed by atoms with Crippen molar-refractivity contribution in [3.8, 4) is 0 Å². The molecule has 0 atom stereocenters. The van der Waals surface area contributed by atoms with Crippen molar-refractivity contribution >= 4 is 49.3 Å². The average molecular weight is 466 g/mol. The zero-order valence-electron chi connectivity index (χ0n) is 16.7. The van der Waals surface area contributed by atoms with Crippen molar-refractivity contribution in [3.05, 3.63) is 57.6 Å².